The number of nitrogens with zero attached hydrogens (tertiary/aromatic N) is 2. The number of rotatable bonds is 4. The first-order chi connectivity index (χ1) is 9.83. The molecule has 1 aromatic rings. The van der Waals surface area contributed by atoms with Gasteiger partial charge in [0.15, 0.2) is 9.84 Å². The summed E-state index contributed by atoms with van der Waals surface area (Å²) in [5, 5.41) is 2.66. The van der Waals surface area contributed by atoms with Crippen molar-refractivity contribution >= 4 is 15.7 Å². The van der Waals surface area contributed by atoms with Crippen LogP contribution >= 0.6 is 0 Å². The molecule has 1 aromatic heterocycles. The maximum absolute atomic E-state index is 12.4. The molecule has 1 amide bonds. The molecule has 21 heavy (non-hydrogen) atoms. The van der Waals surface area contributed by atoms with E-state index in [0.29, 0.717) is 43.3 Å². The minimum atomic E-state index is -3.61. The van der Waals surface area contributed by atoms with Gasteiger partial charge in [-0.25, -0.2) is 8.42 Å². The van der Waals surface area contributed by atoms with Gasteiger partial charge in [-0.05, 0) is 20.8 Å². The highest BCUT2D eigenvalue weighted by Crippen LogP contribution is 2.19. The molecule has 0 N–H and O–H groups in total. The summed E-state index contributed by atoms with van der Waals surface area (Å²) in [5.41, 5.74) is 1.08. The van der Waals surface area contributed by atoms with Crippen LogP contribution < -0.4 is 0 Å². The Morgan fingerprint density at radius 1 is 1.33 bits per heavy atom. The molecule has 1 aliphatic rings. The van der Waals surface area contributed by atoms with E-state index < -0.39 is 15.1 Å². The minimum Gasteiger partial charge on any atom is -0.378 e. The van der Waals surface area contributed by atoms with E-state index in [2.05, 4.69) is 5.16 Å². The summed E-state index contributed by atoms with van der Waals surface area (Å²) in [6, 6.07) is 0. The van der Waals surface area contributed by atoms with E-state index >= 15 is 0 Å². The van der Waals surface area contributed by atoms with Crippen LogP contribution in [0.2, 0.25) is 0 Å². The summed E-state index contributed by atoms with van der Waals surface area (Å²) in [5.74, 6) is -0.127. The number of ether oxygens (including phenoxy) is 1. The number of morpholine rings is 1. The van der Waals surface area contributed by atoms with E-state index in [1.54, 1.807) is 18.7 Å². The summed E-state index contributed by atoms with van der Waals surface area (Å²) in [7, 11) is -3.61. The third-order valence-electron chi connectivity index (χ3n) is 3.74. The molecule has 0 spiro atoms. The van der Waals surface area contributed by atoms with Gasteiger partial charge < -0.3 is 14.2 Å². The van der Waals surface area contributed by atoms with E-state index in [0.717, 1.165) is 0 Å². The maximum atomic E-state index is 12.4. The van der Waals surface area contributed by atoms with Crippen LogP contribution in [0.15, 0.2) is 4.52 Å². The molecule has 0 aromatic carbocycles. The largest absolute Gasteiger partial charge is 0.378 e. The van der Waals surface area contributed by atoms with Crippen molar-refractivity contribution in [3.63, 3.8) is 0 Å². The molecule has 0 saturated carbocycles. The van der Waals surface area contributed by atoms with Gasteiger partial charge in [0.2, 0.25) is 5.91 Å². The van der Waals surface area contributed by atoms with E-state index in [-0.39, 0.29) is 11.7 Å². The fourth-order valence-electron chi connectivity index (χ4n) is 2.23. The van der Waals surface area contributed by atoms with E-state index in [1.165, 1.54) is 6.92 Å². The van der Waals surface area contributed by atoms with Crippen molar-refractivity contribution in [1.29, 1.82) is 0 Å². The number of hydrogen-bond donors (Lipinski definition) is 0. The topological polar surface area (TPSA) is 89.7 Å². The second kappa shape index (κ2) is 6.15. The van der Waals surface area contributed by atoms with Gasteiger partial charge in [-0.1, -0.05) is 5.16 Å². The highest BCUT2D eigenvalue weighted by molar-refractivity contribution is 7.92. The SMILES string of the molecule is Cc1noc(C)c1CS(=O)(=O)C(C)C(=O)N1CCOCC1. The summed E-state index contributed by atoms with van der Waals surface area (Å²) in [4.78, 5) is 13.8. The first kappa shape index (κ1) is 16.0. The number of aromatic nitrogens is 1. The zero-order valence-corrected chi connectivity index (χ0v) is 13.3. The molecular formula is C13H20N2O5S. The monoisotopic (exact) mass is 316 g/mol. The predicted octanol–water partition coefficient (Wildman–Crippen LogP) is 0.454. The summed E-state index contributed by atoms with van der Waals surface area (Å²) in [6.45, 7) is 6.55. The molecule has 0 radical (unpaired) electrons. The molecule has 118 valence electrons. The Balaban J connectivity index is 2.13. The predicted molar refractivity (Wildman–Crippen MR) is 75.5 cm³/mol. The van der Waals surface area contributed by atoms with Crippen molar-refractivity contribution in [2.24, 2.45) is 0 Å². The number of hydrogen-bond acceptors (Lipinski definition) is 6. The second-order valence-electron chi connectivity index (χ2n) is 5.19. The number of sulfone groups is 1. The van der Waals surface area contributed by atoms with E-state index in [9.17, 15) is 13.2 Å². The smallest absolute Gasteiger partial charge is 0.240 e. The van der Waals surface area contributed by atoms with Gasteiger partial charge >= 0.3 is 0 Å². The van der Waals surface area contributed by atoms with Crippen molar-refractivity contribution in [3.05, 3.63) is 17.0 Å². The second-order valence-corrected chi connectivity index (χ2v) is 7.51. The fourth-order valence-corrected chi connectivity index (χ4v) is 3.75. The maximum Gasteiger partial charge on any atom is 0.240 e. The van der Waals surface area contributed by atoms with Crippen LogP contribution in [0.5, 0.6) is 0 Å². The average Bonchev–Trinajstić information content (AvgIpc) is 2.78. The molecule has 0 aliphatic carbocycles. The molecule has 2 heterocycles. The van der Waals surface area contributed by atoms with Crippen molar-refractivity contribution in [2.75, 3.05) is 26.3 Å². The summed E-state index contributed by atoms with van der Waals surface area (Å²) < 4.78 is 35.0. The zero-order valence-electron chi connectivity index (χ0n) is 12.5. The van der Waals surface area contributed by atoms with Gasteiger partial charge in [-0.3, -0.25) is 4.79 Å². The van der Waals surface area contributed by atoms with Crippen LogP contribution in [0.4, 0.5) is 0 Å². The number of carbonyl (C=O) groups is 1. The molecule has 1 saturated heterocycles. The average molecular weight is 316 g/mol. The van der Waals surface area contributed by atoms with E-state index in [1.807, 2.05) is 0 Å². The van der Waals surface area contributed by atoms with E-state index in [4.69, 9.17) is 9.26 Å². The minimum absolute atomic E-state index is 0.231. The first-order valence-corrected chi connectivity index (χ1v) is 8.54. The normalized spacial score (nSPS) is 17.8. The molecule has 1 fully saturated rings. The Labute approximate surface area is 124 Å². The lowest BCUT2D eigenvalue weighted by Crippen LogP contribution is -2.47. The van der Waals surface area contributed by atoms with Gasteiger partial charge in [0, 0.05) is 18.7 Å². The van der Waals surface area contributed by atoms with Crippen molar-refractivity contribution in [3.8, 4) is 0 Å². The lowest BCUT2D eigenvalue weighted by Gasteiger charge is -2.29. The molecular weight excluding hydrogens is 296 g/mol. The highest BCUT2D eigenvalue weighted by atomic mass is 32.2. The summed E-state index contributed by atoms with van der Waals surface area (Å²) in [6.07, 6.45) is 0. The van der Waals surface area contributed by atoms with Crippen LogP contribution in [-0.2, 0) is 25.1 Å². The van der Waals surface area contributed by atoms with Crippen LogP contribution in [0.25, 0.3) is 0 Å². The Bertz CT molecular complexity index is 597. The van der Waals surface area contributed by atoms with Crippen LogP contribution in [0, 0.1) is 13.8 Å². The molecule has 0 bridgehead atoms. The van der Waals surface area contributed by atoms with Crippen molar-refractivity contribution in [1.82, 2.24) is 10.1 Å². The van der Waals surface area contributed by atoms with Crippen LogP contribution in [0.3, 0.4) is 0 Å². The lowest BCUT2D eigenvalue weighted by atomic mass is 10.2. The van der Waals surface area contributed by atoms with Gasteiger partial charge in [-0.2, -0.15) is 0 Å². The van der Waals surface area contributed by atoms with Gasteiger partial charge in [0.1, 0.15) is 11.0 Å². The molecule has 8 heteroatoms. The number of amides is 1. The molecule has 1 aliphatic heterocycles. The van der Waals surface area contributed by atoms with Gasteiger partial charge in [-0.15, -0.1) is 0 Å². The first-order valence-electron chi connectivity index (χ1n) is 6.83. The zero-order chi connectivity index (χ0) is 15.6. The molecule has 1 atom stereocenters. The number of aryl methyl sites for hydroxylation is 2. The quantitative estimate of drug-likeness (QED) is 0.801. The molecule has 2 rings (SSSR count). The van der Waals surface area contributed by atoms with Crippen LogP contribution in [0.1, 0.15) is 23.9 Å². The van der Waals surface area contributed by atoms with Crippen molar-refractivity contribution < 1.29 is 22.5 Å². The fraction of sp³-hybridized carbons (Fsp3) is 0.692. The molecule has 7 nitrogen and oxygen atoms in total. The Morgan fingerprint density at radius 3 is 2.48 bits per heavy atom. The Hall–Kier alpha value is -1.41. The van der Waals surface area contributed by atoms with Gasteiger partial charge in [0.05, 0.1) is 24.7 Å². The summed E-state index contributed by atoms with van der Waals surface area (Å²) >= 11 is 0. The molecule has 1 unspecified atom stereocenters. The Morgan fingerprint density at radius 2 is 1.95 bits per heavy atom. The van der Waals surface area contributed by atoms with Gasteiger partial charge in [0.25, 0.3) is 0 Å². The van der Waals surface area contributed by atoms with Crippen LogP contribution in [-0.4, -0.2) is 55.9 Å². The number of carbonyl (C=O) groups excluding carboxylic acids is 1. The third kappa shape index (κ3) is 3.44. The lowest BCUT2D eigenvalue weighted by molar-refractivity contribution is -0.134. The highest BCUT2D eigenvalue weighted by Gasteiger charge is 2.33. The standard InChI is InChI=1S/C13H20N2O5S/c1-9-12(10(2)20-14-9)8-21(17,18)11(3)13(16)15-4-6-19-7-5-15/h11H,4-8H2,1-3H3. The Kier molecular flexibility index (Phi) is 4.67. The third-order valence-corrected chi connectivity index (χ3v) is 5.71. The van der Waals surface area contributed by atoms with Crippen molar-refractivity contribution in [2.45, 2.75) is 31.8 Å².